The van der Waals surface area contributed by atoms with Crippen LogP contribution in [0.25, 0.3) is 10.9 Å². The van der Waals surface area contributed by atoms with Crippen LogP contribution in [0.2, 0.25) is 0 Å². The molecule has 4 rings (SSSR count). The first-order valence-electron chi connectivity index (χ1n) is 10.4. The summed E-state index contributed by atoms with van der Waals surface area (Å²) in [5, 5.41) is 9.93. The van der Waals surface area contributed by atoms with Gasteiger partial charge >= 0.3 is 6.16 Å². The van der Waals surface area contributed by atoms with Gasteiger partial charge in [-0.15, -0.1) is 0 Å². The van der Waals surface area contributed by atoms with E-state index in [-0.39, 0.29) is 6.04 Å². The van der Waals surface area contributed by atoms with Crippen molar-refractivity contribution < 1.29 is 19.4 Å². The molecule has 1 atom stereocenters. The van der Waals surface area contributed by atoms with Crippen LogP contribution in [0.4, 0.5) is 4.79 Å². The second kappa shape index (κ2) is 8.06. The van der Waals surface area contributed by atoms with Gasteiger partial charge < -0.3 is 19.3 Å². The largest absolute Gasteiger partial charge is 0.512 e. The molecule has 0 aliphatic carbocycles. The summed E-state index contributed by atoms with van der Waals surface area (Å²) in [7, 11) is 3.88. The van der Waals surface area contributed by atoms with Crippen LogP contribution in [0, 0.1) is 5.92 Å². The number of carboxylic acid groups (broad SMARTS) is 1. The van der Waals surface area contributed by atoms with Gasteiger partial charge in [-0.05, 0) is 57.2 Å². The molecule has 0 spiro atoms. The van der Waals surface area contributed by atoms with E-state index in [1.54, 1.807) is 6.07 Å². The lowest BCUT2D eigenvalue weighted by atomic mass is 9.89. The van der Waals surface area contributed by atoms with Crippen LogP contribution in [-0.2, 0) is 18.3 Å². The molecule has 1 amide bonds. The Kier molecular flexibility index (Phi) is 5.50. The molecule has 2 saturated heterocycles. The summed E-state index contributed by atoms with van der Waals surface area (Å²) in [6, 6.07) is 7.94. The number of aryl methyl sites for hydroxylation is 1. The molecule has 2 aromatic rings. The van der Waals surface area contributed by atoms with E-state index < -0.39 is 6.16 Å². The monoisotopic (exact) mass is 399 g/mol. The predicted octanol–water partition coefficient (Wildman–Crippen LogP) is 3.11. The second-order valence-electron chi connectivity index (χ2n) is 8.38. The average Bonchev–Trinajstić information content (AvgIpc) is 3.25. The minimum Gasteiger partial charge on any atom is -0.449 e. The summed E-state index contributed by atoms with van der Waals surface area (Å²) in [5.41, 5.74) is 2.22. The molecule has 156 valence electrons. The Bertz CT molecular complexity index is 914. The number of ether oxygens (including phenoxy) is 1. The molecule has 0 radical (unpaired) electrons. The summed E-state index contributed by atoms with van der Waals surface area (Å²) in [5.74, 6) is 1.15. The van der Waals surface area contributed by atoms with Crippen molar-refractivity contribution in [2.45, 2.75) is 38.1 Å². The van der Waals surface area contributed by atoms with E-state index in [0.29, 0.717) is 17.7 Å². The summed E-state index contributed by atoms with van der Waals surface area (Å²) < 4.78 is 6.72. The number of para-hydroxylation sites is 1. The Balaban J connectivity index is 1.43. The molecule has 0 unspecified atom stereocenters. The number of benzene rings is 1. The van der Waals surface area contributed by atoms with Crippen LogP contribution in [0.3, 0.4) is 0 Å². The van der Waals surface area contributed by atoms with Crippen molar-refractivity contribution in [2.75, 3.05) is 26.7 Å². The molecule has 2 aliphatic rings. The van der Waals surface area contributed by atoms with Crippen molar-refractivity contribution in [3.63, 3.8) is 0 Å². The van der Waals surface area contributed by atoms with Gasteiger partial charge in [0.15, 0.2) is 0 Å². The normalized spacial score (nSPS) is 21.0. The van der Waals surface area contributed by atoms with Crippen molar-refractivity contribution in [3.05, 3.63) is 29.8 Å². The van der Waals surface area contributed by atoms with Crippen molar-refractivity contribution >= 4 is 23.0 Å². The number of likely N-dealkylation sites (tertiary alicyclic amines) is 2. The van der Waals surface area contributed by atoms with E-state index in [9.17, 15) is 9.59 Å². The molecular formula is C22H29N3O4. The Morgan fingerprint density at radius 1 is 1.14 bits per heavy atom. The van der Waals surface area contributed by atoms with E-state index in [4.69, 9.17) is 9.84 Å². The fraction of sp³-hybridized carbons (Fsp3) is 0.545. The number of aromatic nitrogens is 1. The maximum Gasteiger partial charge on any atom is 0.512 e. The van der Waals surface area contributed by atoms with Gasteiger partial charge in [-0.2, -0.15) is 0 Å². The third kappa shape index (κ3) is 3.96. The fourth-order valence-electron chi connectivity index (χ4n) is 4.93. The molecule has 7 nitrogen and oxygen atoms in total. The van der Waals surface area contributed by atoms with Gasteiger partial charge in [0.2, 0.25) is 11.8 Å². The minimum atomic E-state index is -1.30. The number of hydrogen-bond donors (Lipinski definition) is 1. The van der Waals surface area contributed by atoms with Gasteiger partial charge in [0.25, 0.3) is 0 Å². The zero-order valence-corrected chi connectivity index (χ0v) is 17.1. The van der Waals surface area contributed by atoms with Crippen LogP contribution in [0.5, 0.6) is 5.88 Å². The lowest BCUT2D eigenvalue weighted by Gasteiger charge is -2.35. The van der Waals surface area contributed by atoms with E-state index >= 15 is 0 Å². The van der Waals surface area contributed by atoms with Gasteiger partial charge in [-0.1, -0.05) is 18.2 Å². The summed E-state index contributed by atoms with van der Waals surface area (Å²) >= 11 is 0. The topological polar surface area (TPSA) is 75.0 Å². The van der Waals surface area contributed by atoms with E-state index in [2.05, 4.69) is 11.0 Å². The Morgan fingerprint density at radius 3 is 2.55 bits per heavy atom. The molecular weight excluding hydrogens is 370 g/mol. The number of carbonyl (C=O) groups excluding carboxylic acids is 1. The zero-order chi connectivity index (χ0) is 20.5. The predicted molar refractivity (Wildman–Crippen MR) is 110 cm³/mol. The number of likely N-dealkylation sites (N-methyl/N-ethyl adjacent to an activating group) is 1. The van der Waals surface area contributed by atoms with Crippen LogP contribution >= 0.6 is 0 Å². The highest BCUT2D eigenvalue weighted by molar-refractivity contribution is 5.86. The molecule has 2 fully saturated rings. The summed E-state index contributed by atoms with van der Waals surface area (Å²) in [6.07, 6.45) is 3.71. The molecule has 1 N–H and O–H groups in total. The number of carbonyl (C=O) groups is 2. The summed E-state index contributed by atoms with van der Waals surface area (Å²) in [6.45, 7) is 2.66. The maximum atomic E-state index is 12.8. The van der Waals surface area contributed by atoms with Gasteiger partial charge in [0.05, 0.1) is 11.6 Å². The highest BCUT2D eigenvalue weighted by atomic mass is 16.7. The number of rotatable bonds is 4. The third-order valence-electron chi connectivity index (χ3n) is 6.53. The Morgan fingerprint density at radius 2 is 1.90 bits per heavy atom. The highest BCUT2D eigenvalue weighted by Crippen LogP contribution is 2.31. The highest BCUT2D eigenvalue weighted by Gasteiger charge is 2.33. The molecule has 1 aromatic heterocycles. The number of fused-ring (bicyclic) bond motifs is 1. The first-order chi connectivity index (χ1) is 13.9. The second-order valence-corrected chi connectivity index (χ2v) is 8.38. The first-order valence-corrected chi connectivity index (χ1v) is 10.4. The number of nitrogens with zero attached hydrogens (tertiary/aromatic N) is 3. The number of hydrogen-bond acceptors (Lipinski definition) is 4. The quantitative estimate of drug-likeness (QED) is 0.800. The smallest absolute Gasteiger partial charge is 0.449 e. The van der Waals surface area contributed by atoms with E-state index in [1.807, 2.05) is 35.7 Å². The third-order valence-corrected chi connectivity index (χ3v) is 6.53. The zero-order valence-electron chi connectivity index (χ0n) is 17.1. The van der Waals surface area contributed by atoms with Gasteiger partial charge in [-0.25, -0.2) is 4.79 Å². The lowest BCUT2D eigenvalue weighted by molar-refractivity contribution is -0.137. The standard InChI is InChI=1S/C22H29N3O4/c1-23-10-4-7-18(23)21(26)25-11-8-15(9-12-25)13-16-5-3-6-17-14-19(29-22(27)28)24(2)20(16)17/h3,5-6,14-15,18H,4,7-13H2,1-2H3,(H,27,28)/t18-/m1/s1. The van der Waals surface area contributed by atoms with Gasteiger partial charge in [0, 0.05) is 31.6 Å². The van der Waals surface area contributed by atoms with E-state index in [0.717, 1.165) is 62.6 Å². The molecule has 0 saturated carbocycles. The van der Waals surface area contributed by atoms with Gasteiger partial charge in [0.1, 0.15) is 0 Å². The van der Waals surface area contributed by atoms with Crippen LogP contribution < -0.4 is 4.74 Å². The van der Waals surface area contributed by atoms with Crippen molar-refractivity contribution in [1.82, 2.24) is 14.4 Å². The Labute approximate surface area is 170 Å². The molecule has 2 aliphatic heterocycles. The molecule has 1 aromatic carbocycles. The lowest BCUT2D eigenvalue weighted by Crippen LogP contribution is -2.47. The molecule has 3 heterocycles. The van der Waals surface area contributed by atoms with Gasteiger partial charge in [-0.3, -0.25) is 9.69 Å². The van der Waals surface area contributed by atoms with Crippen molar-refractivity contribution in [3.8, 4) is 5.88 Å². The number of piperidine rings is 1. The SMILES string of the molecule is CN1CCC[C@@H]1C(=O)N1CCC(Cc2cccc3cc(OC(=O)O)n(C)c23)CC1. The van der Waals surface area contributed by atoms with E-state index in [1.165, 1.54) is 5.56 Å². The molecule has 29 heavy (non-hydrogen) atoms. The van der Waals surface area contributed by atoms with Crippen LogP contribution in [0.1, 0.15) is 31.2 Å². The summed E-state index contributed by atoms with van der Waals surface area (Å²) in [4.78, 5) is 28.0. The maximum absolute atomic E-state index is 12.8. The fourth-order valence-corrected chi connectivity index (χ4v) is 4.93. The minimum absolute atomic E-state index is 0.0660. The number of amides is 1. The van der Waals surface area contributed by atoms with Crippen LogP contribution in [-0.4, -0.2) is 64.3 Å². The van der Waals surface area contributed by atoms with Crippen molar-refractivity contribution in [1.29, 1.82) is 0 Å². The van der Waals surface area contributed by atoms with Crippen LogP contribution in [0.15, 0.2) is 24.3 Å². The Hall–Kier alpha value is -2.54. The molecule has 0 bridgehead atoms. The average molecular weight is 399 g/mol. The van der Waals surface area contributed by atoms with Crippen molar-refractivity contribution in [2.24, 2.45) is 13.0 Å². The first kappa shape index (κ1) is 19.8. The molecule has 7 heteroatoms.